The zero-order valence-corrected chi connectivity index (χ0v) is 17.0. The van der Waals surface area contributed by atoms with Crippen molar-refractivity contribution in [2.75, 3.05) is 19.7 Å². The normalized spacial score (nSPS) is 14.7. The van der Waals surface area contributed by atoms with Gasteiger partial charge in [-0.15, -0.1) is 0 Å². The fraction of sp³-hybridized carbons (Fsp3) is 0.381. The smallest absolute Gasteiger partial charge is 0.410 e. The minimum absolute atomic E-state index is 0.244. The average Bonchev–Trinajstić information content (AvgIpc) is 2.53. The minimum atomic E-state index is -0.450. The van der Waals surface area contributed by atoms with Crippen molar-refractivity contribution < 1.29 is 14.3 Å². The van der Waals surface area contributed by atoms with E-state index in [4.69, 9.17) is 9.47 Å². The molecule has 3 rings (SSSR count). The van der Waals surface area contributed by atoms with Crippen LogP contribution in [0.1, 0.15) is 20.8 Å². The lowest BCUT2D eigenvalue weighted by atomic mass is 10.0. The van der Waals surface area contributed by atoms with Gasteiger partial charge in [-0.05, 0) is 50.1 Å². The van der Waals surface area contributed by atoms with Crippen molar-refractivity contribution >= 4 is 22.0 Å². The molecule has 4 nitrogen and oxygen atoms in total. The van der Waals surface area contributed by atoms with Gasteiger partial charge in [-0.1, -0.05) is 46.3 Å². The summed E-state index contributed by atoms with van der Waals surface area (Å²) in [6, 6.07) is 16.2. The molecule has 5 heteroatoms. The Hall–Kier alpha value is -2.01. The number of amides is 1. The standard InChI is InChI=1S/C21H24BrNO3/c1-21(2,3)26-20(24)23-12-15(13-23)14-25-17-10-8-16(9-11-17)18-6-4-5-7-19(18)22/h4-11,15H,12-14H2,1-3H3. The van der Waals surface area contributed by atoms with Gasteiger partial charge in [0.15, 0.2) is 0 Å². The van der Waals surface area contributed by atoms with Crippen molar-refractivity contribution in [3.63, 3.8) is 0 Å². The quantitative estimate of drug-likeness (QED) is 0.671. The first-order chi connectivity index (χ1) is 12.3. The number of carbonyl (C=O) groups excluding carboxylic acids is 1. The Balaban J connectivity index is 1.47. The lowest BCUT2D eigenvalue weighted by Crippen LogP contribution is -2.53. The third kappa shape index (κ3) is 4.79. The van der Waals surface area contributed by atoms with Crippen LogP contribution in [-0.2, 0) is 4.74 Å². The van der Waals surface area contributed by atoms with E-state index in [1.165, 1.54) is 0 Å². The summed E-state index contributed by atoms with van der Waals surface area (Å²) in [6.07, 6.45) is -0.244. The molecule has 1 aliphatic heterocycles. The average molecular weight is 418 g/mol. The van der Waals surface area contributed by atoms with E-state index in [1.807, 2.05) is 51.1 Å². The van der Waals surface area contributed by atoms with Crippen LogP contribution >= 0.6 is 15.9 Å². The van der Waals surface area contributed by atoms with Crippen LogP contribution in [0, 0.1) is 5.92 Å². The molecule has 1 heterocycles. The molecule has 2 aromatic rings. The van der Waals surface area contributed by atoms with Crippen LogP contribution in [0.4, 0.5) is 4.79 Å². The lowest BCUT2D eigenvalue weighted by molar-refractivity contribution is -0.00781. The Morgan fingerprint density at radius 2 is 1.77 bits per heavy atom. The van der Waals surface area contributed by atoms with Gasteiger partial charge in [0.1, 0.15) is 11.4 Å². The van der Waals surface area contributed by atoms with Gasteiger partial charge in [-0.2, -0.15) is 0 Å². The molecule has 2 aromatic carbocycles. The van der Waals surface area contributed by atoms with Crippen molar-refractivity contribution in [3.05, 3.63) is 53.0 Å². The number of halogens is 1. The van der Waals surface area contributed by atoms with Gasteiger partial charge >= 0.3 is 6.09 Å². The molecular formula is C21H24BrNO3. The number of benzene rings is 2. The van der Waals surface area contributed by atoms with Crippen LogP contribution in [0.5, 0.6) is 5.75 Å². The fourth-order valence-corrected chi connectivity index (χ4v) is 3.30. The highest BCUT2D eigenvalue weighted by Crippen LogP contribution is 2.29. The van der Waals surface area contributed by atoms with Crippen molar-refractivity contribution in [1.82, 2.24) is 4.90 Å². The Labute approximate surface area is 163 Å². The highest BCUT2D eigenvalue weighted by Gasteiger charge is 2.33. The van der Waals surface area contributed by atoms with Crippen LogP contribution in [0.25, 0.3) is 11.1 Å². The second kappa shape index (κ2) is 7.70. The van der Waals surface area contributed by atoms with E-state index in [2.05, 4.69) is 34.1 Å². The summed E-state index contributed by atoms with van der Waals surface area (Å²) in [5, 5.41) is 0. The molecule has 0 N–H and O–H groups in total. The van der Waals surface area contributed by atoms with E-state index in [1.54, 1.807) is 4.90 Å². The number of hydrogen-bond donors (Lipinski definition) is 0. The third-order valence-corrected chi connectivity index (χ3v) is 4.83. The van der Waals surface area contributed by atoms with Crippen molar-refractivity contribution in [2.24, 2.45) is 5.92 Å². The number of ether oxygens (including phenoxy) is 2. The maximum atomic E-state index is 11.9. The van der Waals surface area contributed by atoms with E-state index in [9.17, 15) is 4.79 Å². The van der Waals surface area contributed by atoms with Gasteiger partial charge < -0.3 is 14.4 Å². The highest BCUT2D eigenvalue weighted by molar-refractivity contribution is 9.10. The molecule has 0 saturated carbocycles. The molecule has 0 unspecified atom stereocenters. The number of nitrogens with zero attached hydrogens (tertiary/aromatic N) is 1. The van der Waals surface area contributed by atoms with Crippen LogP contribution in [0.3, 0.4) is 0 Å². The monoisotopic (exact) mass is 417 g/mol. The number of hydrogen-bond acceptors (Lipinski definition) is 3. The summed E-state index contributed by atoms with van der Waals surface area (Å²) in [5.41, 5.74) is 1.85. The molecule has 1 fully saturated rings. The first kappa shape index (κ1) is 18.8. The summed E-state index contributed by atoms with van der Waals surface area (Å²) in [7, 11) is 0. The first-order valence-corrected chi connectivity index (χ1v) is 9.57. The summed E-state index contributed by atoms with van der Waals surface area (Å²) in [4.78, 5) is 13.6. The van der Waals surface area contributed by atoms with Gasteiger partial charge in [0.2, 0.25) is 0 Å². The van der Waals surface area contributed by atoms with Gasteiger partial charge in [0.05, 0.1) is 6.61 Å². The zero-order valence-electron chi connectivity index (χ0n) is 15.4. The summed E-state index contributed by atoms with van der Waals surface area (Å²) in [5.74, 6) is 1.20. The van der Waals surface area contributed by atoms with Crippen molar-refractivity contribution in [1.29, 1.82) is 0 Å². The van der Waals surface area contributed by atoms with Gasteiger partial charge in [-0.3, -0.25) is 0 Å². The Bertz CT molecular complexity index is 762. The molecule has 26 heavy (non-hydrogen) atoms. The molecular weight excluding hydrogens is 394 g/mol. The molecule has 0 aromatic heterocycles. The van der Waals surface area contributed by atoms with Crippen molar-refractivity contribution in [3.8, 4) is 16.9 Å². The van der Waals surface area contributed by atoms with E-state index >= 15 is 0 Å². The number of carbonyl (C=O) groups is 1. The first-order valence-electron chi connectivity index (χ1n) is 8.77. The molecule has 0 bridgehead atoms. The van der Waals surface area contributed by atoms with E-state index in [-0.39, 0.29) is 6.09 Å². The predicted octanol–water partition coefficient (Wildman–Crippen LogP) is 5.36. The minimum Gasteiger partial charge on any atom is -0.493 e. The van der Waals surface area contributed by atoms with Gasteiger partial charge in [0.25, 0.3) is 0 Å². The van der Waals surface area contributed by atoms with Crippen molar-refractivity contribution in [2.45, 2.75) is 26.4 Å². The fourth-order valence-electron chi connectivity index (χ4n) is 2.79. The van der Waals surface area contributed by atoms with Crippen LogP contribution in [0.2, 0.25) is 0 Å². The Kier molecular flexibility index (Phi) is 5.56. The van der Waals surface area contributed by atoms with Gasteiger partial charge in [0, 0.05) is 23.5 Å². The van der Waals surface area contributed by atoms with E-state index < -0.39 is 5.60 Å². The Morgan fingerprint density at radius 3 is 2.38 bits per heavy atom. The maximum absolute atomic E-state index is 11.9. The Morgan fingerprint density at radius 1 is 1.12 bits per heavy atom. The third-order valence-electron chi connectivity index (χ3n) is 4.13. The van der Waals surface area contributed by atoms with Crippen LogP contribution in [0.15, 0.2) is 53.0 Å². The van der Waals surface area contributed by atoms with E-state index in [0.717, 1.165) is 21.3 Å². The molecule has 0 spiro atoms. The molecule has 0 aliphatic carbocycles. The zero-order chi connectivity index (χ0) is 18.7. The summed E-state index contributed by atoms with van der Waals surface area (Å²) < 4.78 is 12.3. The summed E-state index contributed by atoms with van der Waals surface area (Å²) >= 11 is 3.58. The second-order valence-corrected chi connectivity index (χ2v) is 8.42. The second-order valence-electron chi connectivity index (χ2n) is 7.57. The topological polar surface area (TPSA) is 38.8 Å². The lowest BCUT2D eigenvalue weighted by Gasteiger charge is -2.39. The van der Waals surface area contributed by atoms with Crippen LogP contribution in [-0.4, -0.2) is 36.3 Å². The molecule has 1 aliphatic rings. The summed E-state index contributed by atoms with van der Waals surface area (Å²) in [6.45, 7) is 7.61. The molecule has 1 amide bonds. The molecule has 138 valence electrons. The maximum Gasteiger partial charge on any atom is 0.410 e. The van der Waals surface area contributed by atoms with E-state index in [0.29, 0.717) is 25.6 Å². The number of rotatable bonds is 4. The SMILES string of the molecule is CC(C)(C)OC(=O)N1CC(COc2ccc(-c3ccccc3Br)cc2)C1. The predicted molar refractivity (Wildman–Crippen MR) is 106 cm³/mol. The van der Waals surface area contributed by atoms with Crippen LogP contribution < -0.4 is 4.74 Å². The molecule has 1 saturated heterocycles. The molecule has 0 atom stereocenters. The highest BCUT2D eigenvalue weighted by atomic mass is 79.9. The van der Waals surface area contributed by atoms with Gasteiger partial charge in [-0.25, -0.2) is 4.79 Å². The largest absolute Gasteiger partial charge is 0.493 e. The number of likely N-dealkylation sites (tertiary alicyclic amines) is 1. The molecule has 0 radical (unpaired) electrons.